The number of nitrogens with zero attached hydrogens (tertiary/aromatic N) is 4. The Morgan fingerprint density at radius 2 is 2.03 bits per heavy atom. The molecule has 0 radical (unpaired) electrons. The highest BCUT2D eigenvalue weighted by Gasteiger charge is 2.17. The first kappa shape index (κ1) is 22.1. The Kier molecular flexibility index (Phi) is 6.99. The van der Waals surface area contributed by atoms with Crippen molar-refractivity contribution < 1.29 is 14.6 Å². The van der Waals surface area contributed by atoms with Gasteiger partial charge in [0, 0.05) is 22.9 Å². The number of carbonyl (C=O) groups is 1. The van der Waals surface area contributed by atoms with Gasteiger partial charge < -0.3 is 20.1 Å². The third-order valence-corrected chi connectivity index (χ3v) is 5.07. The molecule has 0 saturated heterocycles. The average molecular weight is 452 g/mol. The number of rotatable bonds is 9. The number of aliphatic carboxylic acids is 1. The number of carboxylic acid groups (broad SMARTS) is 1. The molecule has 0 unspecified atom stereocenters. The number of anilines is 1. The van der Waals surface area contributed by atoms with Crippen molar-refractivity contribution >= 4 is 46.2 Å². The van der Waals surface area contributed by atoms with Crippen LogP contribution in [0.1, 0.15) is 50.4 Å². The fraction of sp³-hybridized carbons (Fsp3) is 0.400. The minimum Gasteiger partial charge on any atom is -0.493 e. The standard InChI is InChI=1S/C20H23Cl2N5O3/c1-11(2)19-25-18(23)17-20(26-19)27(10-24-17)9-13-14(22)7-12(21)8-15(13)30-6-4-3-5-16(28)29/h7-8,10-11H,3-6,9H2,1-2H3,(H,28,29)(H2,23,25,26). The Hall–Kier alpha value is -2.58. The van der Waals surface area contributed by atoms with Gasteiger partial charge in [0.25, 0.3) is 0 Å². The van der Waals surface area contributed by atoms with Crippen LogP contribution >= 0.6 is 23.2 Å². The summed E-state index contributed by atoms with van der Waals surface area (Å²) in [7, 11) is 0. The molecule has 1 aromatic carbocycles. The molecule has 0 aliphatic rings. The van der Waals surface area contributed by atoms with E-state index in [1.165, 1.54) is 0 Å². The first-order valence-electron chi connectivity index (χ1n) is 9.57. The molecule has 0 fully saturated rings. The van der Waals surface area contributed by atoms with Gasteiger partial charge in [-0.05, 0) is 25.0 Å². The van der Waals surface area contributed by atoms with Crippen LogP contribution in [0.15, 0.2) is 18.5 Å². The molecule has 3 rings (SSSR count). The van der Waals surface area contributed by atoms with E-state index in [-0.39, 0.29) is 12.3 Å². The van der Waals surface area contributed by atoms with E-state index in [1.807, 2.05) is 18.4 Å². The lowest BCUT2D eigenvalue weighted by atomic mass is 10.2. The molecule has 160 valence electrons. The molecule has 10 heteroatoms. The van der Waals surface area contributed by atoms with Crippen molar-refractivity contribution in [3.8, 4) is 5.75 Å². The van der Waals surface area contributed by atoms with E-state index < -0.39 is 5.97 Å². The van der Waals surface area contributed by atoms with Gasteiger partial charge in [-0.15, -0.1) is 0 Å². The zero-order valence-electron chi connectivity index (χ0n) is 16.7. The first-order valence-corrected chi connectivity index (χ1v) is 10.3. The fourth-order valence-corrected chi connectivity index (χ4v) is 3.48. The highest BCUT2D eigenvalue weighted by Crippen LogP contribution is 2.33. The number of ether oxygens (including phenoxy) is 1. The quantitative estimate of drug-likeness (QED) is 0.459. The molecular formula is C20H23Cl2N5O3. The number of imidazole rings is 1. The third kappa shape index (κ3) is 5.12. The second-order valence-corrected chi connectivity index (χ2v) is 8.07. The highest BCUT2D eigenvalue weighted by atomic mass is 35.5. The van der Waals surface area contributed by atoms with Crippen LogP contribution in [0.3, 0.4) is 0 Å². The van der Waals surface area contributed by atoms with Crippen molar-refractivity contribution in [3.05, 3.63) is 39.9 Å². The molecule has 0 atom stereocenters. The van der Waals surface area contributed by atoms with Crippen LogP contribution in [0.4, 0.5) is 5.82 Å². The Morgan fingerprint density at radius 3 is 2.73 bits per heavy atom. The number of hydrogen-bond donors (Lipinski definition) is 2. The van der Waals surface area contributed by atoms with Crippen LogP contribution in [-0.2, 0) is 11.3 Å². The van der Waals surface area contributed by atoms with Gasteiger partial charge in [-0.25, -0.2) is 15.0 Å². The molecule has 3 aromatic rings. The summed E-state index contributed by atoms with van der Waals surface area (Å²) in [5, 5.41) is 9.65. The van der Waals surface area contributed by atoms with Crippen molar-refractivity contribution in [2.45, 2.75) is 45.6 Å². The minimum absolute atomic E-state index is 0.104. The van der Waals surface area contributed by atoms with Gasteiger partial charge in [-0.1, -0.05) is 37.0 Å². The summed E-state index contributed by atoms with van der Waals surface area (Å²) in [6.45, 7) is 4.69. The molecule has 0 amide bonds. The van der Waals surface area contributed by atoms with Crippen molar-refractivity contribution in [3.63, 3.8) is 0 Å². The maximum Gasteiger partial charge on any atom is 0.303 e. The molecule has 8 nitrogen and oxygen atoms in total. The monoisotopic (exact) mass is 451 g/mol. The van der Waals surface area contributed by atoms with E-state index in [1.54, 1.807) is 18.5 Å². The number of nitrogen functional groups attached to an aromatic ring is 1. The van der Waals surface area contributed by atoms with E-state index >= 15 is 0 Å². The van der Waals surface area contributed by atoms with Gasteiger partial charge in [0.15, 0.2) is 11.5 Å². The molecule has 2 heterocycles. The number of fused-ring (bicyclic) bond motifs is 1. The van der Waals surface area contributed by atoms with Crippen LogP contribution in [0, 0.1) is 0 Å². The number of unbranched alkanes of at least 4 members (excludes halogenated alkanes) is 1. The molecule has 0 bridgehead atoms. The van der Waals surface area contributed by atoms with Gasteiger partial charge in [0.1, 0.15) is 17.1 Å². The lowest BCUT2D eigenvalue weighted by molar-refractivity contribution is -0.137. The van der Waals surface area contributed by atoms with Crippen LogP contribution in [0.2, 0.25) is 10.0 Å². The summed E-state index contributed by atoms with van der Waals surface area (Å²) < 4.78 is 7.71. The molecule has 0 saturated carbocycles. The van der Waals surface area contributed by atoms with E-state index in [0.717, 1.165) is 5.56 Å². The topological polar surface area (TPSA) is 116 Å². The molecule has 3 N–H and O–H groups in total. The fourth-order valence-electron chi connectivity index (χ4n) is 2.95. The van der Waals surface area contributed by atoms with Crippen molar-refractivity contribution in [1.82, 2.24) is 19.5 Å². The van der Waals surface area contributed by atoms with Gasteiger partial charge in [-0.2, -0.15) is 0 Å². The summed E-state index contributed by atoms with van der Waals surface area (Å²) >= 11 is 12.6. The van der Waals surface area contributed by atoms with Crippen LogP contribution in [0.5, 0.6) is 5.75 Å². The van der Waals surface area contributed by atoms with Crippen molar-refractivity contribution in [1.29, 1.82) is 0 Å². The number of carboxylic acids is 1. The normalized spacial score (nSPS) is 11.4. The van der Waals surface area contributed by atoms with Crippen molar-refractivity contribution in [2.75, 3.05) is 12.3 Å². The second kappa shape index (κ2) is 9.49. The zero-order chi connectivity index (χ0) is 21.8. The summed E-state index contributed by atoms with van der Waals surface area (Å²) in [5.74, 6) is 0.800. The number of nitrogens with two attached hydrogens (primary N) is 1. The maximum absolute atomic E-state index is 10.6. The van der Waals surface area contributed by atoms with Gasteiger partial charge >= 0.3 is 5.97 Å². The minimum atomic E-state index is -0.824. The number of hydrogen-bond acceptors (Lipinski definition) is 6. The maximum atomic E-state index is 10.6. The van der Waals surface area contributed by atoms with Gasteiger partial charge in [0.05, 0.1) is 24.5 Å². The van der Waals surface area contributed by atoms with Gasteiger partial charge in [-0.3, -0.25) is 4.79 Å². The molecule has 0 spiro atoms. The van der Waals surface area contributed by atoms with E-state index in [9.17, 15) is 4.79 Å². The Labute approximate surface area is 184 Å². The third-order valence-electron chi connectivity index (χ3n) is 4.51. The molecule has 0 aliphatic carbocycles. The summed E-state index contributed by atoms with van der Waals surface area (Å²) in [6.07, 6.45) is 2.87. The lowest BCUT2D eigenvalue weighted by Gasteiger charge is -2.15. The summed E-state index contributed by atoms with van der Waals surface area (Å²) in [5.41, 5.74) is 7.93. The second-order valence-electron chi connectivity index (χ2n) is 7.23. The van der Waals surface area contributed by atoms with Crippen LogP contribution < -0.4 is 10.5 Å². The predicted molar refractivity (Wildman–Crippen MR) is 116 cm³/mol. The lowest BCUT2D eigenvalue weighted by Crippen LogP contribution is -2.08. The Morgan fingerprint density at radius 1 is 1.27 bits per heavy atom. The van der Waals surface area contributed by atoms with E-state index in [2.05, 4.69) is 15.0 Å². The number of benzene rings is 1. The summed E-state index contributed by atoms with van der Waals surface area (Å²) in [6, 6.07) is 3.35. The van der Waals surface area contributed by atoms with Crippen molar-refractivity contribution in [2.24, 2.45) is 0 Å². The SMILES string of the molecule is CC(C)c1nc(N)c2ncn(Cc3c(Cl)cc(Cl)cc3OCCCCC(=O)O)c2n1. The molecule has 30 heavy (non-hydrogen) atoms. The molecular weight excluding hydrogens is 429 g/mol. The largest absolute Gasteiger partial charge is 0.493 e. The van der Waals surface area contributed by atoms with E-state index in [0.29, 0.717) is 64.6 Å². The summed E-state index contributed by atoms with van der Waals surface area (Å²) in [4.78, 5) is 23.9. The Bertz CT molecular complexity index is 1070. The zero-order valence-corrected chi connectivity index (χ0v) is 18.2. The first-order chi connectivity index (χ1) is 14.3. The van der Waals surface area contributed by atoms with Crippen LogP contribution in [0.25, 0.3) is 11.2 Å². The van der Waals surface area contributed by atoms with Crippen LogP contribution in [-0.4, -0.2) is 37.2 Å². The molecule has 2 aromatic heterocycles. The Balaban J connectivity index is 1.88. The smallest absolute Gasteiger partial charge is 0.303 e. The average Bonchev–Trinajstić information content (AvgIpc) is 3.07. The highest BCUT2D eigenvalue weighted by molar-refractivity contribution is 6.35. The predicted octanol–water partition coefficient (Wildman–Crippen LogP) is 4.52. The number of aromatic nitrogens is 4. The van der Waals surface area contributed by atoms with E-state index in [4.69, 9.17) is 38.8 Å². The number of halogens is 2. The van der Waals surface area contributed by atoms with Gasteiger partial charge in [0.2, 0.25) is 0 Å². The molecule has 0 aliphatic heterocycles.